The summed E-state index contributed by atoms with van der Waals surface area (Å²) in [6.07, 6.45) is 7.28. The first-order valence-corrected chi connectivity index (χ1v) is 13.7. The Kier molecular flexibility index (Phi) is 8.69. The van der Waals surface area contributed by atoms with Crippen molar-refractivity contribution in [2.75, 3.05) is 18.0 Å². The summed E-state index contributed by atoms with van der Waals surface area (Å²) in [4.78, 5) is 2.58. The van der Waals surface area contributed by atoms with Gasteiger partial charge in [-0.1, -0.05) is 101 Å². The second-order valence-electron chi connectivity index (χ2n) is 9.83. The van der Waals surface area contributed by atoms with Crippen LogP contribution in [0.25, 0.3) is 22.2 Å². The van der Waals surface area contributed by atoms with Crippen molar-refractivity contribution in [3.05, 3.63) is 90.0 Å². The Bertz CT molecular complexity index is 1180. The molecule has 0 amide bonds. The van der Waals surface area contributed by atoms with E-state index in [4.69, 9.17) is 0 Å². The fraction of sp³-hybridized carbons (Fsp3) is 0.394. The van der Waals surface area contributed by atoms with E-state index in [0.29, 0.717) is 5.92 Å². The van der Waals surface area contributed by atoms with Crippen LogP contribution >= 0.6 is 0 Å². The van der Waals surface area contributed by atoms with E-state index in [1.165, 1.54) is 64.7 Å². The molecule has 4 aromatic rings. The number of unbranched alkanes of at least 4 members (excludes halogenated alkanes) is 2. The molecule has 0 radical (unpaired) electrons. The van der Waals surface area contributed by atoms with Gasteiger partial charge in [-0.2, -0.15) is 0 Å². The van der Waals surface area contributed by atoms with Gasteiger partial charge in [-0.3, -0.25) is 0 Å². The Morgan fingerprint density at radius 2 is 1.34 bits per heavy atom. The summed E-state index contributed by atoms with van der Waals surface area (Å²) in [6, 6.07) is 29.4. The molecule has 1 unspecified atom stereocenters. The van der Waals surface area contributed by atoms with E-state index < -0.39 is 0 Å². The van der Waals surface area contributed by atoms with E-state index in [0.717, 1.165) is 25.9 Å². The third kappa shape index (κ3) is 5.48. The highest BCUT2D eigenvalue weighted by Crippen LogP contribution is 2.42. The van der Waals surface area contributed by atoms with Gasteiger partial charge in [0.15, 0.2) is 0 Å². The molecule has 1 heterocycles. The zero-order valence-electron chi connectivity index (χ0n) is 22.1. The maximum absolute atomic E-state index is 2.58. The molecule has 0 saturated heterocycles. The summed E-state index contributed by atoms with van der Waals surface area (Å²) < 4.78 is 2.40. The minimum absolute atomic E-state index is 0.370. The quantitative estimate of drug-likeness (QED) is 0.202. The number of aromatic nitrogens is 1. The average molecular weight is 467 g/mol. The van der Waals surface area contributed by atoms with Gasteiger partial charge in [0.1, 0.15) is 0 Å². The van der Waals surface area contributed by atoms with E-state index in [1.54, 1.807) is 0 Å². The maximum Gasteiger partial charge on any atom is 0.0527 e. The van der Waals surface area contributed by atoms with Gasteiger partial charge in [-0.05, 0) is 54.2 Å². The molecular formula is C33H42N2. The summed E-state index contributed by atoms with van der Waals surface area (Å²) in [5, 5.41) is 1.38. The number of rotatable bonds is 12. The molecule has 0 N–H and O–H groups in total. The van der Waals surface area contributed by atoms with Crippen molar-refractivity contribution in [2.24, 2.45) is 7.05 Å². The normalized spacial score (nSPS) is 12.2. The van der Waals surface area contributed by atoms with Gasteiger partial charge < -0.3 is 9.47 Å². The minimum Gasteiger partial charge on any atom is -0.372 e. The van der Waals surface area contributed by atoms with E-state index >= 15 is 0 Å². The van der Waals surface area contributed by atoms with Crippen LogP contribution in [0.4, 0.5) is 5.69 Å². The van der Waals surface area contributed by atoms with Gasteiger partial charge in [0, 0.05) is 42.6 Å². The Balaban J connectivity index is 1.79. The highest BCUT2D eigenvalue weighted by molar-refractivity contribution is 5.93. The third-order valence-electron chi connectivity index (χ3n) is 7.34. The number of aryl methyl sites for hydroxylation is 1. The number of benzene rings is 3. The molecular weight excluding hydrogens is 424 g/mol. The topological polar surface area (TPSA) is 8.17 Å². The number of para-hydroxylation sites is 1. The molecule has 1 atom stereocenters. The lowest BCUT2D eigenvalue weighted by atomic mass is 9.84. The van der Waals surface area contributed by atoms with E-state index in [9.17, 15) is 0 Å². The largest absolute Gasteiger partial charge is 0.372 e. The molecule has 2 heteroatoms. The molecule has 0 aliphatic carbocycles. The van der Waals surface area contributed by atoms with Crippen LogP contribution in [0.2, 0.25) is 0 Å². The lowest BCUT2D eigenvalue weighted by Crippen LogP contribution is -2.25. The number of nitrogens with zero attached hydrogens (tertiary/aromatic N) is 2. The highest BCUT2D eigenvalue weighted by atomic mass is 15.1. The van der Waals surface area contributed by atoms with Crippen LogP contribution in [-0.2, 0) is 7.05 Å². The van der Waals surface area contributed by atoms with Crippen molar-refractivity contribution >= 4 is 16.6 Å². The molecule has 184 valence electrons. The molecule has 0 spiro atoms. The molecule has 0 saturated carbocycles. The monoisotopic (exact) mass is 466 g/mol. The number of hydrogen-bond acceptors (Lipinski definition) is 1. The predicted octanol–water partition coefficient (Wildman–Crippen LogP) is 9.18. The van der Waals surface area contributed by atoms with Crippen LogP contribution in [0.3, 0.4) is 0 Å². The molecule has 2 nitrogen and oxygen atoms in total. The Morgan fingerprint density at radius 3 is 1.97 bits per heavy atom. The first kappa shape index (κ1) is 25.1. The van der Waals surface area contributed by atoms with Crippen molar-refractivity contribution < 1.29 is 0 Å². The first-order chi connectivity index (χ1) is 17.2. The Hall–Kier alpha value is -3.00. The van der Waals surface area contributed by atoms with Crippen LogP contribution < -0.4 is 4.90 Å². The summed E-state index contributed by atoms with van der Waals surface area (Å²) >= 11 is 0. The maximum atomic E-state index is 2.58. The zero-order chi connectivity index (χ0) is 24.6. The summed E-state index contributed by atoms with van der Waals surface area (Å²) in [7, 11) is 2.22. The van der Waals surface area contributed by atoms with Crippen LogP contribution in [0.5, 0.6) is 0 Å². The fourth-order valence-corrected chi connectivity index (χ4v) is 5.47. The fourth-order valence-electron chi connectivity index (χ4n) is 5.47. The molecule has 1 aromatic heterocycles. The lowest BCUT2D eigenvalue weighted by Gasteiger charge is -2.26. The van der Waals surface area contributed by atoms with Crippen molar-refractivity contribution in [1.82, 2.24) is 4.57 Å². The standard InChI is InChI=1S/C33H42N2/c1-5-8-24-35(25-9-6-2)28-22-20-26(21-23-28)29(15-7-3)32-30-18-13-14-19-31(30)34(4)33(32)27-16-11-10-12-17-27/h10-14,16-23,29H,5-9,15,24-25H2,1-4H3. The Labute approximate surface area is 212 Å². The van der Waals surface area contributed by atoms with Gasteiger partial charge in [-0.15, -0.1) is 0 Å². The van der Waals surface area contributed by atoms with Gasteiger partial charge in [0.25, 0.3) is 0 Å². The van der Waals surface area contributed by atoms with Crippen LogP contribution in [-0.4, -0.2) is 17.7 Å². The van der Waals surface area contributed by atoms with Crippen molar-refractivity contribution in [2.45, 2.75) is 65.2 Å². The van der Waals surface area contributed by atoms with Crippen molar-refractivity contribution in [1.29, 1.82) is 0 Å². The summed E-state index contributed by atoms with van der Waals surface area (Å²) in [6.45, 7) is 9.17. The minimum atomic E-state index is 0.370. The lowest BCUT2D eigenvalue weighted by molar-refractivity contribution is 0.676. The average Bonchev–Trinajstić information content (AvgIpc) is 3.20. The molecule has 0 aliphatic rings. The molecule has 0 aliphatic heterocycles. The predicted molar refractivity (Wildman–Crippen MR) is 154 cm³/mol. The van der Waals surface area contributed by atoms with Crippen LogP contribution in [0, 0.1) is 0 Å². The summed E-state index contributed by atoms with van der Waals surface area (Å²) in [5.74, 6) is 0.370. The van der Waals surface area contributed by atoms with Gasteiger partial charge in [0.05, 0.1) is 5.69 Å². The van der Waals surface area contributed by atoms with E-state index in [1.807, 2.05) is 0 Å². The summed E-state index contributed by atoms with van der Waals surface area (Å²) in [5.41, 5.74) is 8.22. The van der Waals surface area contributed by atoms with E-state index in [2.05, 4.69) is 116 Å². The second kappa shape index (κ2) is 12.1. The molecule has 4 rings (SSSR count). The van der Waals surface area contributed by atoms with Crippen LogP contribution in [0.1, 0.15) is 76.3 Å². The number of fused-ring (bicyclic) bond motifs is 1. The smallest absolute Gasteiger partial charge is 0.0527 e. The molecule has 0 fully saturated rings. The third-order valence-corrected chi connectivity index (χ3v) is 7.34. The SMILES string of the molecule is CCCCN(CCCC)c1ccc(C(CCC)c2c(-c3ccccc3)n(C)c3ccccc23)cc1. The molecule has 35 heavy (non-hydrogen) atoms. The van der Waals surface area contributed by atoms with Gasteiger partial charge >= 0.3 is 0 Å². The first-order valence-electron chi connectivity index (χ1n) is 13.7. The highest BCUT2D eigenvalue weighted by Gasteiger charge is 2.25. The zero-order valence-corrected chi connectivity index (χ0v) is 22.1. The Morgan fingerprint density at radius 1 is 0.714 bits per heavy atom. The second-order valence-corrected chi connectivity index (χ2v) is 9.83. The van der Waals surface area contributed by atoms with Gasteiger partial charge in [0.2, 0.25) is 0 Å². The van der Waals surface area contributed by atoms with E-state index in [-0.39, 0.29) is 0 Å². The van der Waals surface area contributed by atoms with Crippen LogP contribution in [0.15, 0.2) is 78.9 Å². The number of anilines is 1. The molecule has 0 bridgehead atoms. The number of hydrogen-bond donors (Lipinski definition) is 0. The van der Waals surface area contributed by atoms with Crippen molar-refractivity contribution in [3.8, 4) is 11.3 Å². The van der Waals surface area contributed by atoms with Crippen molar-refractivity contribution in [3.63, 3.8) is 0 Å². The van der Waals surface area contributed by atoms with Gasteiger partial charge in [-0.25, -0.2) is 0 Å². The molecule has 3 aromatic carbocycles.